The molecular weight excluding hydrogens is 372 g/mol. The number of carbonyl (C=O) groups excluding carboxylic acids is 1. The molecule has 29 heavy (non-hydrogen) atoms. The number of aliphatic imine (C=N–C) groups is 1. The number of nitrogens with zero attached hydrogens (tertiary/aromatic N) is 4. The number of nitrogens with one attached hydrogen (secondary N) is 2. The van der Waals surface area contributed by atoms with Gasteiger partial charge in [-0.05, 0) is 26.7 Å². The molecule has 0 unspecified atom stereocenters. The Kier molecular flexibility index (Phi) is 8.31. The Morgan fingerprint density at radius 3 is 2.52 bits per heavy atom. The first-order valence-electron chi connectivity index (χ1n) is 10.3. The molecule has 2 rings (SSSR count). The van der Waals surface area contributed by atoms with Crippen LogP contribution in [-0.4, -0.2) is 78.9 Å². The fraction of sp³-hybridized carbons (Fsp3) is 0.750. The van der Waals surface area contributed by atoms with Crippen molar-refractivity contribution in [1.29, 1.82) is 0 Å². The molecule has 1 aliphatic heterocycles. The molecular formula is C20H36N6O3. The maximum atomic E-state index is 12.1. The number of hydrogen-bond donors (Lipinski definition) is 2. The van der Waals surface area contributed by atoms with E-state index in [1.165, 1.54) is 0 Å². The van der Waals surface area contributed by atoms with Crippen LogP contribution in [0.1, 0.15) is 52.0 Å². The summed E-state index contributed by atoms with van der Waals surface area (Å²) >= 11 is 0. The number of rotatable bonds is 6. The van der Waals surface area contributed by atoms with Gasteiger partial charge in [-0.25, -0.2) is 4.79 Å². The molecule has 0 bridgehead atoms. The van der Waals surface area contributed by atoms with Gasteiger partial charge in [-0.15, -0.1) is 0 Å². The standard InChI is InChI=1S/C20H36N6O3/c1-15(2)17-13-16(29-24-17)14-23-18(21-6)22-7-8-25-9-11-26(12-10-25)19(27)28-20(3,4)5/h13,15H,7-12,14H2,1-6H3,(H2,21,22,23). The first-order valence-corrected chi connectivity index (χ1v) is 10.3. The molecule has 0 aliphatic carbocycles. The van der Waals surface area contributed by atoms with Crippen LogP contribution < -0.4 is 10.6 Å². The van der Waals surface area contributed by atoms with E-state index in [2.05, 4.69) is 39.5 Å². The third kappa shape index (κ3) is 7.92. The largest absolute Gasteiger partial charge is 0.444 e. The first-order chi connectivity index (χ1) is 13.7. The molecule has 1 aromatic heterocycles. The number of hydrogen-bond acceptors (Lipinski definition) is 6. The van der Waals surface area contributed by atoms with Crippen LogP contribution in [0.5, 0.6) is 0 Å². The number of amides is 1. The van der Waals surface area contributed by atoms with Crippen LogP contribution in [0, 0.1) is 0 Å². The molecule has 2 heterocycles. The topological polar surface area (TPSA) is 95.2 Å². The van der Waals surface area contributed by atoms with Crippen molar-refractivity contribution in [2.45, 2.75) is 52.7 Å². The number of aromatic nitrogens is 1. The normalized spacial score (nSPS) is 16.2. The van der Waals surface area contributed by atoms with Crippen molar-refractivity contribution in [3.63, 3.8) is 0 Å². The zero-order chi connectivity index (χ0) is 21.4. The van der Waals surface area contributed by atoms with Gasteiger partial charge >= 0.3 is 6.09 Å². The number of ether oxygens (including phenoxy) is 1. The maximum Gasteiger partial charge on any atom is 0.410 e. The number of carbonyl (C=O) groups is 1. The summed E-state index contributed by atoms with van der Waals surface area (Å²) in [6, 6.07) is 1.97. The van der Waals surface area contributed by atoms with Gasteiger partial charge in [-0.2, -0.15) is 0 Å². The summed E-state index contributed by atoms with van der Waals surface area (Å²) in [4.78, 5) is 20.5. The van der Waals surface area contributed by atoms with Crippen molar-refractivity contribution in [3.8, 4) is 0 Å². The SMILES string of the molecule is CN=C(NCCN1CCN(C(=O)OC(C)(C)C)CC1)NCc1cc(C(C)C)no1. The minimum atomic E-state index is -0.455. The predicted molar refractivity (Wildman–Crippen MR) is 113 cm³/mol. The van der Waals surface area contributed by atoms with Crippen LogP contribution >= 0.6 is 0 Å². The minimum absolute atomic E-state index is 0.229. The summed E-state index contributed by atoms with van der Waals surface area (Å²) in [5, 5.41) is 10.6. The van der Waals surface area contributed by atoms with Gasteiger partial charge in [0.15, 0.2) is 11.7 Å². The van der Waals surface area contributed by atoms with Gasteiger partial charge in [0, 0.05) is 52.4 Å². The van der Waals surface area contributed by atoms with Crippen molar-refractivity contribution in [2.75, 3.05) is 46.3 Å². The van der Waals surface area contributed by atoms with Crippen molar-refractivity contribution >= 4 is 12.1 Å². The molecule has 2 N–H and O–H groups in total. The van der Waals surface area contributed by atoms with Crippen LogP contribution in [-0.2, 0) is 11.3 Å². The number of piperazine rings is 1. The van der Waals surface area contributed by atoms with Gasteiger partial charge in [0.1, 0.15) is 5.60 Å². The Balaban J connectivity index is 1.65. The second-order valence-electron chi connectivity index (χ2n) is 8.53. The van der Waals surface area contributed by atoms with Gasteiger partial charge in [-0.3, -0.25) is 9.89 Å². The minimum Gasteiger partial charge on any atom is -0.444 e. The van der Waals surface area contributed by atoms with Crippen LogP contribution in [0.15, 0.2) is 15.6 Å². The molecule has 1 aliphatic rings. The van der Waals surface area contributed by atoms with Crippen LogP contribution in [0.2, 0.25) is 0 Å². The first kappa shape index (κ1) is 23.0. The fourth-order valence-electron chi connectivity index (χ4n) is 2.89. The third-order valence-corrected chi connectivity index (χ3v) is 4.57. The summed E-state index contributed by atoms with van der Waals surface area (Å²) in [6.45, 7) is 15.1. The molecule has 1 aromatic rings. The third-order valence-electron chi connectivity index (χ3n) is 4.57. The lowest BCUT2D eigenvalue weighted by Gasteiger charge is -2.35. The van der Waals surface area contributed by atoms with Crippen LogP contribution in [0.3, 0.4) is 0 Å². The highest BCUT2D eigenvalue weighted by Gasteiger charge is 2.25. The Labute approximate surface area is 173 Å². The zero-order valence-corrected chi connectivity index (χ0v) is 18.6. The molecule has 9 nitrogen and oxygen atoms in total. The van der Waals surface area contributed by atoms with Gasteiger partial charge in [0.25, 0.3) is 0 Å². The fourth-order valence-corrected chi connectivity index (χ4v) is 2.89. The zero-order valence-electron chi connectivity index (χ0n) is 18.6. The maximum absolute atomic E-state index is 12.1. The van der Waals surface area contributed by atoms with Gasteiger partial charge in [0.2, 0.25) is 0 Å². The molecule has 164 valence electrons. The van der Waals surface area contributed by atoms with E-state index in [1.807, 2.05) is 26.8 Å². The van der Waals surface area contributed by atoms with E-state index in [1.54, 1.807) is 11.9 Å². The van der Waals surface area contributed by atoms with Crippen LogP contribution in [0.25, 0.3) is 0 Å². The predicted octanol–water partition coefficient (Wildman–Crippen LogP) is 2.02. The summed E-state index contributed by atoms with van der Waals surface area (Å²) in [5.74, 6) is 1.86. The van der Waals surface area contributed by atoms with E-state index in [0.29, 0.717) is 25.6 Å². The summed E-state index contributed by atoms with van der Waals surface area (Å²) in [6.07, 6.45) is -0.229. The average molecular weight is 409 g/mol. The quantitative estimate of drug-likeness (QED) is 0.549. The Bertz CT molecular complexity index is 672. The van der Waals surface area contributed by atoms with Gasteiger partial charge < -0.3 is 24.8 Å². The lowest BCUT2D eigenvalue weighted by atomic mass is 10.1. The van der Waals surface area contributed by atoms with Crippen molar-refractivity contribution in [1.82, 2.24) is 25.6 Å². The molecule has 0 saturated carbocycles. The molecule has 1 saturated heterocycles. The van der Waals surface area contributed by atoms with E-state index in [9.17, 15) is 4.79 Å². The highest BCUT2D eigenvalue weighted by atomic mass is 16.6. The van der Waals surface area contributed by atoms with E-state index in [4.69, 9.17) is 9.26 Å². The van der Waals surface area contributed by atoms with E-state index >= 15 is 0 Å². The molecule has 9 heteroatoms. The van der Waals surface area contributed by atoms with E-state index in [0.717, 1.165) is 43.6 Å². The molecule has 0 radical (unpaired) electrons. The van der Waals surface area contributed by atoms with E-state index < -0.39 is 5.60 Å². The van der Waals surface area contributed by atoms with Crippen molar-refractivity contribution < 1.29 is 14.1 Å². The highest BCUT2D eigenvalue weighted by Crippen LogP contribution is 2.14. The van der Waals surface area contributed by atoms with Crippen LogP contribution in [0.4, 0.5) is 4.79 Å². The Hall–Kier alpha value is -2.29. The summed E-state index contributed by atoms with van der Waals surface area (Å²) in [5.41, 5.74) is 0.499. The molecule has 0 spiro atoms. The number of guanidine groups is 1. The smallest absolute Gasteiger partial charge is 0.410 e. The van der Waals surface area contributed by atoms with Gasteiger partial charge in [-0.1, -0.05) is 19.0 Å². The van der Waals surface area contributed by atoms with Crippen molar-refractivity contribution in [3.05, 3.63) is 17.5 Å². The lowest BCUT2D eigenvalue weighted by Crippen LogP contribution is -2.51. The lowest BCUT2D eigenvalue weighted by molar-refractivity contribution is 0.0147. The second-order valence-corrected chi connectivity index (χ2v) is 8.53. The summed E-state index contributed by atoms with van der Waals surface area (Å²) < 4.78 is 10.8. The molecule has 0 atom stereocenters. The highest BCUT2D eigenvalue weighted by molar-refractivity contribution is 5.79. The Morgan fingerprint density at radius 1 is 1.28 bits per heavy atom. The molecule has 1 fully saturated rings. The molecule has 0 aromatic carbocycles. The van der Waals surface area contributed by atoms with E-state index in [-0.39, 0.29) is 6.09 Å². The molecule has 1 amide bonds. The average Bonchev–Trinajstić information content (AvgIpc) is 3.13. The monoisotopic (exact) mass is 408 g/mol. The van der Waals surface area contributed by atoms with Gasteiger partial charge in [0.05, 0.1) is 12.2 Å². The Morgan fingerprint density at radius 2 is 1.97 bits per heavy atom. The second kappa shape index (κ2) is 10.5. The summed E-state index contributed by atoms with van der Waals surface area (Å²) in [7, 11) is 1.74. The van der Waals surface area contributed by atoms with Crippen molar-refractivity contribution in [2.24, 2.45) is 4.99 Å².